The first-order valence-corrected chi connectivity index (χ1v) is 9.18. The zero-order valence-corrected chi connectivity index (χ0v) is 14.3. The van der Waals surface area contributed by atoms with Crippen molar-refractivity contribution in [3.05, 3.63) is 22.6 Å². The van der Waals surface area contributed by atoms with E-state index < -0.39 is 0 Å². The fourth-order valence-electron chi connectivity index (χ4n) is 3.69. The summed E-state index contributed by atoms with van der Waals surface area (Å²) in [7, 11) is 0. The van der Waals surface area contributed by atoms with Crippen LogP contribution in [0.3, 0.4) is 0 Å². The average molecular weight is 314 g/mol. The van der Waals surface area contributed by atoms with Crippen LogP contribution in [0.15, 0.2) is 6.33 Å². The molecule has 0 spiro atoms. The summed E-state index contributed by atoms with van der Waals surface area (Å²) in [6.45, 7) is 6.78. The summed E-state index contributed by atoms with van der Waals surface area (Å²) < 4.78 is 2.13. The fourth-order valence-corrected chi connectivity index (χ4v) is 5.03. The van der Waals surface area contributed by atoms with Crippen LogP contribution in [0.5, 0.6) is 0 Å². The lowest BCUT2D eigenvalue weighted by Gasteiger charge is -2.17. The molecule has 1 aliphatic carbocycles. The van der Waals surface area contributed by atoms with Crippen LogP contribution in [-0.4, -0.2) is 19.6 Å². The number of nitrogens with zero attached hydrogens (tertiary/aromatic N) is 4. The van der Waals surface area contributed by atoms with Crippen LogP contribution >= 0.6 is 11.3 Å². The van der Waals surface area contributed by atoms with Crippen molar-refractivity contribution in [1.29, 1.82) is 0 Å². The van der Waals surface area contributed by atoms with Crippen LogP contribution in [0.1, 0.15) is 62.2 Å². The van der Waals surface area contributed by atoms with Gasteiger partial charge in [0.25, 0.3) is 0 Å². The number of thiophene rings is 1. The molecule has 0 amide bonds. The number of aromatic nitrogens is 4. The summed E-state index contributed by atoms with van der Waals surface area (Å²) in [4.78, 5) is 7.37. The molecule has 3 aromatic heterocycles. The number of hydrogen-bond acceptors (Lipinski definition) is 4. The molecule has 0 aromatic carbocycles. The minimum Gasteiger partial charge on any atom is -0.268 e. The third-order valence-electron chi connectivity index (χ3n) is 5.08. The van der Waals surface area contributed by atoms with Crippen molar-refractivity contribution in [3.8, 4) is 0 Å². The molecule has 0 radical (unpaired) electrons. The molecule has 3 aromatic rings. The van der Waals surface area contributed by atoms with Gasteiger partial charge in [0.15, 0.2) is 5.65 Å². The summed E-state index contributed by atoms with van der Waals surface area (Å²) in [6.07, 6.45) is 7.73. The predicted molar refractivity (Wildman–Crippen MR) is 90.7 cm³/mol. The van der Waals surface area contributed by atoms with Crippen molar-refractivity contribution in [2.75, 3.05) is 0 Å². The second-order valence-corrected chi connectivity index (χ2v) is 7.63. The van der Waals surface area contributed by atoms with Gasteiger partial charge in [0, 0.05) is 10.8 Å². The molecule has 0 fully saturated rings. The molecule has 22 heavy (non-hydrogen) atoms. The van der Waals surface area contributed by atoms with Gasteiger partial charge in [-0.15, -0.1) is 21.5 Å². The summed E-state index contributed by atoms with van der Waals surface area (Å²) in [5, 5.41) is 10.3. The van der Waals surface area contributed by atoms with Gasteiger partial charge in [0.2, 0.25) is 0 Å². The van der Waals surface area contributed by atoms with E-state index in [0.717, 1.165) is 41.5 Å². The van der Waals surface area contributed by atoms with Gasteiger partial charge in [0.1, 0.15) is 17.0 Å². The Morgan fingerprint density at radius 2 is 2.14 bits per heavy atom. The zero-order valence-electron chi connectivity index (χ0n) is 13.5. The van der Waals surface area contributed by atoms with Gasteiger partial charge in [-0.3, -0.25) is 4.40 Å². The summed E-state index contributed by atoms with van der Waals surface area (Å²) >= 11 is 1.86. The van der Waals surface area contributed by atoms with Crippen LogP contribution in [0.2, 0.25) is 0 Å². The van der Waals surface area contributed by atoms with Crippen LogP contribution in [-0.2, 0) is 12.8 Å². The first-order valence-electron chi connectivity index (χ1n) is 8.36. The molecule has 0 N–H and O–H groups in total. The van der Waals surface area contributed by atoms with Crippen molar-refractivity contribution >= 4 is 27.2 Å². The highest BCUT2D eigenvalue weighted by Crippen LogP contribution is 2.39. The molecular formula is C17H22N4S. The van der Waals surface area contributed by atoms with E-state index in [4.69, 9.17) is 4.98 Å². The Bertz CT molecular complexity index is 828. The summed E-state index contributed by atoms with van der Waals surface area (Å²) in [6, 6.07) is 0. The van der Waals surface area contributed by atoms with E-state index in [-0.39, 0.29) is 0 Å². The lowest BCUT2D eigenvalue weighted by Crippen LogP contribution is -2.08. The second kappa shape index (κ2) is 5.30. The highest BCUT2D eigenvalue weighted by molar-refractivity contribution is 7.19. The monoisotopic (exact) mass is 314 g/mol. The Kier molecular flexibility index (Phi) is 3.40. The van der Waals surface area contributed by atoms with Crippen molar-refractivity contribution in [1.82, 2.24) is 19.6 Å². The van der Waals surface area contributed by atoms with Gasteiger partial charge >= 0.3 is 0 Å². The first kappa shape index (κ1) is 14.1. The fraction of sp³-hybridized carbons (Fsp3) is 0.588. The molecule has 5 heteroatoms. The molecular weight excluding hydrogens is 292 g/mol. The highest BCUT2D eigenvalue weighted by Gasteiger charge is 2.24. The van der Waals surface area contributed by atoms with Gasteiger partial charge in [-0.25, -0.2) is 4.98 Å². The number of aryl methyl sites for hydroxylation is 1. The second-order valence-electron chi connectivity index (χ2n) is 6.54. The lowest BCUT2D eigenvalue weighted by molar-refractivity contribution is 0.509. The number of fused-ring (bicyclic) bond motifs is 5. The van der Waals surface area contributed by atoms with E-state index in [0.29, 0.717) is 5.92 Å². The number of rotatable bonds is 3. The Morgan fingerprint density at radius 3 is 2.91 bits per heavy atom. The van der Waals surface area contributed by atoms with Crippen LogP contribution in [0.25, 0.3) is 15.9 Å². The molecule has 116 valence electrons. The smallest absolute Gasteiger partial charge is 0.172 e. The molecule has 3 heterocycles. The Hall–Kier alpha value is -1.49. The zero-order chi connectivity index (χ0) is 15.3. The molecule has 4 nitrogen and oxygen atoms in total. The van der Waals surface area contributed by atoms with Crippen molar-refractivity contribution in [2.24, 2.45) is 5.92 Å². The third-order valence-corrected chi connectivity index (χ3v) is 6.24. The standard InChI is InChI=1S/C17H22N4S/c1-4-11(5-2)15-19-20-16-14-12-7-6-10(3)8-13(12)22-17(14)18-9-21(15)16/h9-11H,4-8H2,1-3H3/t10-/m1/s1. The van der Waals surface area contributed by atoms with E-state index in [1.807, 2.05) is 17.7 Å². The third kappa shape index (κ3) is 1.98. The maximum atomic E-state index is 4.72. The highest BCUT2D eigenvalue weighted by atomic mass is 32.1. The van der Waals surface area contributed by atoms with E-state index in [1.54, 1.807) is 0 Å². The van der Waals surface area contributed by atoms with Crippen molar-refractivity contribution in [2.45, 2.75) is 58.8 Å². The Morgan fingerprint density at radius 1 is 1.32 bits per heavy atom. The normalized spacial score (nSPS) is 18.5. The van der Waals surface area contributed by atoms with Crippen molar-refractivity contribution in [3.63, 3.8) is 0 Å². The van der Waals surface area contributed by atoms with Gasteiger partial charge in [0.05, 0.1) is 5.39 Å². The first-order chi connectivity index (χ1) is 10.7. The van der Waals surface area contributed by atoms with Crippen molar-refractivity contribution < 1.29 is 0 Å². The number of hydrogen-bond donors (Lipinski definition) is 0. The quantitative estimate of drug-likeness (QED) is 0.721. The molecule has 4 rings (SSSR count). The van der Waals surface area contributed by atoms with E-state index in [2.05, 4.69) is 35.4 Å². The van der Waals surface area contributed by atoms with Gasteiger partial charge in [-0.2, -0.15) is 0 Å². The predicted octanol–water partition coefficient (Wildman–Crippen LogP) is 4.37. The van der Waals surface area contributed by atoms with Gasteiger partial charge in [-0.05, 0) is 43.6 Å². The van der Waals surface area contributed by atoms with Crippen LogP contribution < -0.4 is 0 Å². The molecule has 1 aliphatic rings. The van der Waals surface area contributed by atoms with E-state index >= 15 is 0 Å². The minimum absolute atomic E-state index is 0.462. The van der Waals surface area contributed by atoms with Crippen LogP contribution in [0.4, 0.5) is 0 Å². The van der Waals surface area contributed by atoms with Gasteiger partial charge < -0.3 is 0 Å². The minimum atomic E-state index is 0.462. The molecule has 0 bridgehead atoms. The lowest BCUT2D eigenvalue weighted by atomic mass is 9.89. The molecule has 1 atom stereocenters. The SMILES string of the molecule is CCC(CC)c1nnc2c3c4c(sc3ncn12)C[C@H](C)CC4. The van der Waals surface area contributed by atoms with E-state index in [1.165, 1.54) is 28.7 Å². The largest absolute Gasteiger partial charge is 0.268 e. The molecule has 0 unspecified atom stereocenters. The Balaban J connectivity index is 1.96. The maximum Gasteiger partial charge on any atom is 0.172 e. The molecule has 0 aliphatic heterocycles. The summed E-state index contributed by atoms with van der Waals surface area (Å²) in [5.41, 5.74) is 2.50. The van der Waals surface area contributed by atoms with Crippen LogP contribution in [0, 0.1) is 5.92 Å². The summed E-state index contributed by atoms with van der Waals surface area (Å²) in [5.74, 6) is 2.32. The van der Waals surface area contributed by atoms with Gasteiger partial charge in [-0.1, -0.05) is 20.8 Å². The average Bonchev–Trinajstić information content (AvgIpc) is 3.09. The Labute approximate surface area is 134 Å². The maximum absolute atomic E-state index is 4.72. The molecule has 0 saturated heterocycles. The molecule has 0 saturated carbocycles. The van der Waals surface area contributed by atoms with E-state index in [9.17, 15) is 0 Å². The topological polar surface area (TPSA) is 43.1 Å².